The van der Waals surface area contributed by atoms with Crippen molar-refractivity contribution in [3.05, 3.63) is 65.4 Å². The fourth-order valence-corrected chi connectivity index (χ4v) is 4.22. The number of nitrogens with zero attached hydrogens (tertiary/aromatic N) is 2. The van der Waals surface area contributed by atoms with E-state index in [-0.39, 0.29) is 26.9 Å². The van der Waals surface area contributed by atoms with Crippen molar-refractivity contribution in [2.24, 2.45) is 0 Å². The molecular formula is C20H18ClN3O6S. The van der Waals surface area contributed by atoms with E-state index in [1.165, 1.54) is 68.8 Å². The van der Waals surface area contributed by atoms with E-state index in [9.17, 15) is 23.1 Å². The molecule has 1 amide bonds. The first kappa shape index (κ1) is 22.3. The van der Waals surface area contributed by atoms with Gasteiger partial charge in [-0.2, -0.15) is 5.10 Å². The zero-order chi connectivity index (χ0) is 22.8. The Kier molecular flexibility index (Phi) is 6.32. The van der Waals surface area contributed by atoms with Crippen molar-refractivity contribution in [3.8, 4) is 5.75 Å². The zero-order valence-corrected chi connectivity index (χ0v) is 18.0. The van der Waals surface area contributed by atoms with Crippen LogP contribution in [0.1, 0.15) is 23.5 Å². The summed E-state index contributed by atoms with van der Waals surface area (Å²) in [5.74, 6) is -1.61. The average molecular weight is 464 g/mol. The Bertz CT molecular complexity index is 1240. The largest absolute Gasteiger partial charge is 0.497 e. The first-order valence-electron chi connectivity index (χ1n) is 8.91. The van der Waals surface area contributed by atoms with Crippen LogP contribution in [-0.4, -0.2) is 42.3 Å². The van der Waals surface area contributed by atoms with Gasteiger partial charge in [0.2, 0.25) is 9.84 Å². The molecule has 3 rings (SSSR count). The summed E-state index contributed by atoms with van der Waals surface area (Å²) in [6, 6.07) is 10.0. The molecule has 2 aromatic carbocycles. The number of rotatable bonds is 7. The van der Waals surface area contributed by atoms with Crippen molar-refractivity contribution in [2.75, 3.05) is 12.4 Å². The molecule has 0 radical (unpaired) electrons. The van der Waals surface area contributed by atoms with Crippen LogP contribution in [0.3, 0.4) is 0 Å². The number of nitrogens with one attached hydrogen (secondary N) is 1. The molecule has 1 unspecified atom stereocenters. The minimum Gasteiger partial charge on any atom is -0.497 e. The molecule has 0 saturated carbocycles. The highest BCUT2D eigenvalue weighted by atomic mass is 35.5. The maximum atomic E-state index is 13.0. The highest BCUT2D eigenvalue weighted by molar-refractivity contribution is 7.91. The second-order valence-corrected chi connectivity index (χ2v) is 8.87. The lowest BCUT2D eigenvalue weighted by atomic mass is 10.2. The molecular weight excluding hydrogens is 446 g/mol. The van der Waals surface area contributed by atoms with Gasteiger partial charge in [-0.25, -0.2) is 17.9 Å². The zero-order valence-electron chi connectivity index (χ0n) is 16.4. The van der Waals surface area contributed by atoms with Gasteiger partial charge in [0.05, 0.1) is 16.9 Å². The Morgan fingerprint density at radius 2 is 1.81 bits per heavy atom. The Labute approximate surface area is 183 Å². The number of aliphatic carboxylic acids is 1. The Morgan fingerprint density at radius 1 is 1.13 bits per heavy atom. The second kappa shape index (κ2) is 8.78. The smallest absolute Gasteiger partial charge is 0.328 e. The SMILES string of the molecule is COc1cc(NC(=O)c2ccnn2C(C)C(=O)O)cc(S(=O)(=O)c2ccc(Cl)cc2)c1. The molecule has 0 spiro atoms. The number of aromatic nitrogens is 2. The van der Waals surface area contributed by atoms with Crippen molar-refractivity contribution in [1.29, 1.82) is 0 Å². The van der Waals surface area contributed by atoms with Crippen molar-refractivity contribution < 1.29 is 27.9 Å². The van der Waals surface area contributed by atoms with Gasteiger partial charge in [-0.15, -0.1) is 0 Å². The number of benzene rings is 2. The molecule has 0 fully saturated rings. The minimum absolute atomic E-state index is 0.000159. The van der Waals surface area contributed by atoms with Crippen LogP contribution in [0.25, 0.3) is 0 Å². The molecule has 0 saturated heterocycles. The summed E-state index contributed by atoms with van der Waals surface area (Å²) in [4.78, 5) is 23.9. The fourth-order valence-electron chi connectivity index (χ4n) is 2.77. The number of halogens is 1. The molecule has 9 nitrogen and oxygen atoms in total. The van der Waals surface area contributed by atoms with Crippen LogP contribution in [0.2, 0.25) is 5.02 Å². The van der Waals surface area contributed by atoms with Crippen LogP contribution >= 0.6 is 11.6 Å². The molecule has 0 aliphatic rings. The number of methoxy groups -OCH3 is 1. The number of ether oxygens (including phenoxy) is 1. The third-order valence-corrected chi connectivity index (χ3v) is 6.44. The van der Waals surface area contributed by atoms with Gasteiger partial charge in [0.1, 0.15) is 17.5 Å². The summed E-state index contributed by atoms with van der Waals surface area (Å²) in [6.07, 6.45) is 1.30. The van der Waals surface area contributed by atoms with Gasteiger partial charge in [-0.1, -0.05) is 11.6 Å². The first-order valence-corrected chi connectivity index (χ1v) is 10.8. The Hall–Kier alpha value is -3.37. The van der Waals surface area contributed by atoms with E-state index in [1.54, 1.807) is 0 Å². The number of amides is 1. The Morgan fingerprint density at radius 3 is 2.42 bits per heavy atom. The maximum Gasteiger partial charge on any atom is 0.328 e. The third kappa shape index (κ3) is 4.70. The van der Waals surface area contributed by atoms with E-state index in [2.05, 4.69) is 10.4 Å². The van der Waals surface area contributed by atoms with Crippen LogP contribution in [0.15, 0.2) is 64.5 Å². The molecule has 11 heteroatoms. The summed E-state index contributed by atoms with van der Waals surface area (Å²) in [7, 11) is -2.55. The van der Waals surface area contributed by atoms with Crippen LogP contribution in [0, 0.1) is 0 Å². The summed E-state index contributed by atoms with van der Waals surface area (Å²) >= 11 is 5.84. The highest BCUT2D eigenvalue weighted by Gasteiger charge is 2.23. The van der Waals surface area contributed by atoms with E-state index < -0.39 is 27.8 Å². The molecule has 1 atom stereocenters. The molecule has 0 aliphatic carbocycles. The monoisotopic (exact) mass is 463 g/mol. The van der Waals surface area contributed by atoms with Crippen LogP contribution in [0.5, 0.6) is 5.75 Å². The number of sulfone groups is 1. The number of hydrogen-bond acceptors (Lipinski definition) is 6. The summed E-state index contributed by atoms with van der Waals surface area (Å²) < 4.78 is 32.3. The van der Waals surface area contributed by atoms with Crippen molar-refractivity contribution in [3.63, 3.8) is 0 Å². The second-order valence-electron chi connectivity index (χ2n) is 6.48. The minimum atomic E-state index is -3.92. The molecule has 2 N–H and O–H groups in total. The highest BCUT2D eigenvalue weighted by Crippen LogP contribution is 2.29. The lowest BCUT2D eigenvalue weighted by Gasteiger charge is -2.13. The molecule has 162 valence electrons. The van der Waals surface area contributed by atoms with E-state index in [0.717, 1.165) is 4.68 Å². The molecule has 1 aromatic heterocycles. The molecule has 3 aromatic rings. The van der Waals surface area contributed by atoms with Gasteiger partial charge in [0, 0.05) is 23.0 Å². The van der Waals surface area contributed by atoms with Gasteiger partial charge in [-0.3, -0.25) is 4.79 Å². The number of carboxylic acids is 1. The number of hydrogen-bond donors (Lipinski definition) is 2. The quantitative estimate of drug-likeness (QED) is 0.550. The van der Waals surface area contributed by atoms with Gasteiger partial charge in [0.25, 0.3) is 5.91 Å². The van der Waals surface area contributed by atoms with E-state index in [4.69, 9.17) is 16.3 Å². The van der Waals surface area contributed by atoms with E-state index in [1.807, 2.05) is 0 Å². The average Bonchev–Trinajstić information content (AvgIpc) is 3.23. The normalized spacial score (nSPS) is 12.2. The molecule has 31 heavy (non-hydrogen) atoms. The van der Waals surface area contributed by atoms with Crippen LogP contribution < -0.4 is 10.1 Å². The molecule has 1 heterocycles. The number of carboxylic acid groups (broad SMARTS) is 1. The van der Waals surface area contributed by atoms with Crippen molar-refractivity contribution in [1.82, 2.24) is 9.78 Å². The van der Waals surface area contributed by atoms with Gasteiger partial charge < -0.3 is 15.2 Å². The Balaban J connectivity index is 1.97. The third-order valence-electron chi connectivity index (χ3n) is 4.44. The van der Waals surface area contributed by atoms with Crippen LogP contribution in [-0.2, 0) is 14.6 Å². The molecule has 0 aliphatic heterocycles. The summed E-state index contributed by atoms with van der Waals surface area (Å²) in [5, 5.41) is 16.0. The summed E-state index contributed by atoms with van der Waals surface area (Å²) in [5.41, 5.74) is 0.146. The van der Waals surface area contributed by atoms with Gasteiger partial charge >= 0.3 is 5.97 Å². The fraction of sp³-hybridized carbons (Fsp3) is 0.150. The topological polar surface area (TPSA) is 128 Å². The lowest BCUT2D eigenvalue weighted by Crippen LogP contribution is -2.24. The standard InChI is InChI=1S/C20H18ClN3O6S/c1-12(20(26)27)24-18(7-8-22-24)19(25)23-14-9-15(30-2)11-17(10-14)31(28,29)16-5-3-13(21)4-6-16/h3-12H,1-2H3,(H,23,25)(H,26,27). The van der Waals surface area contributed by atoms with Crippen LogP contribution in [0.4, 0.5) is 5.69 Å². The number of anilines is 1. The van der Waals surface area contributed by atoms with Crippen molar-refractivity contribution >= 4 is 39.0 Å². The van der Waals surface area contributed by atoms with Crippen molar-refractivity contribution in [2.45, 2.75) is 22.8 Å². The molecule has 0 bridgehead atoms. The summed E-state index contributed by atoms with van der Waals surface area (Å²) in [6.45, 7) is 1.38. The van der Waals surface area contributed by atoms with E-state index >= 15 is 0 Å². The number of carbonyl (C=O) groups excluding carboxylic acids is 1. The van der Waals surface area contributed by atoms with Gasteiger partial charge in [0.15, 0.2) is 0 Å². The predicted octanol–water partition coefficient (Wildman–Crippen LogP) is 3.28. The maximum absolute atomic E-state index is 13.0. The number of carbonyl (C=O) groups is 2. The van der Waals surface area contributed by atoms with Gasteiger partial charge in [-0.05, 0) is 49.4 Å². The lowest BCUT2D eigenvalue weighted by molar-refractivity contribution is -0.140. The first-order chi connectivity index (χ1) is 14.6. The van der Waals surface area contributed by atoms with E-state index in [0.29, 0.717) is 5.02 Å². The predicted molar refractivity (Wildman–Crippen MR) is 112 cm³/mol.